The van der Waals surface area contributed by atoms with Crippen molar-refractivity contribution in [2.75, 3.05) is 13.2 Å². The molecule has 0 N–H and O–H groups in total. The summed E-state index contributed by atoms with van der Waals surface area (Å²) in [5.74, 6) is -0.930. The molecule has 6 nitrogen and oxygen atoms in total. The van der Waals surface area contributed by atoms with Gasteiger partial charge in [0.25, 0.3) is 0 Å². The number of allylic oxidation sites excluding steroid dienone is 22. The maximum atomic E-state index is 12.9. The molecule has 0 aromatic rings. The summed E-state index contributed by atoms with van der Waals surface area (Å²) in [4.78, 5) is 38.4. The van der Waals surface area contributed by atoms with E-state index in [0.29, 0.717) is 19.3 Å². The van der Waals surface area contributed by atoms with Crippen LogP contribution in [-0.2, 0) is 28.6 Å². The summed E-state index contributed by atoms with van der Waals surface area (Å²) in [6.45, 7) is 6.39. The van der Waals surface area contributed by atoms with E-state index in [1.54, 1.807) is 0 Å². The van der Waals surface area contributed by atoms with Gasteiger partial charge in [-0.25, -0.2) is 0 Å². The Kier molecular flexibility index (Phi) is 61.4. The summed E-state index contributed by atoms with van der Waals surface area (Å²) in [6.07, 6.45) is 91.6. The van der Waals surface area contributed by atoms with Gasteiger partial charge in [0.15, 0.2) is 6.10 Å². The van der Waals surface area contributed by atoms with Crippen molar-refractivity contribution in [1.29, 1.82) is 0 Å². The van der Waals surface area contributed by atoms with E-state index in [9.17, 15) is 14.4 Å². The number of carbonyl (C=O) groups is 3. The summed E-state index contributed by atoms with van der Waals surface area (Å²) in [5, 5.41) is 0. The molecule has 0 spiro atoms. The third kappa shape index (κ3) is 62.4. The van der Waals surface area contributed by atoms with E-state index < -0.39 is 6.10 Å². The van der Waals surface area contributed by atoms with E-state index in [2.05, 4.69) is 154 Å². The number of hydrogen-bond donors (Lipinski definition) is 0. The highest BCUT2D eigenvalue weighted by Crippen LogP contribution is 2.15. The molecule has 0 bridgehead atoms. The number of ether oxygens (including phenoxy) is 3. The van der Waals surface area contributed by atoms with Crippen molar-refractivity contribution >= 4 is 17.9 Å². The maximum absolute atomic E-state index is 12.9. The lowest BCUT2D eigenvalue weighted by Gasteiger charge is -2.18. The van der Waals surface area contributed by atoms with Crippen LogP contribution >= 0.6 is 0 Å². The smallest absolute Gasteiger partial charge is 0.306 e. The summed E-state index contributed by atoms with van der Waals surface area (Å²) < 4.78 is 16.9. The van der Waals surface area contributed by atoms with Gasteiger partial charge in [0.1, 0.15) is 13.2 Å². The van der Waals surface area contributed by atoms with Gasteiger partial charge < -0.3 is 14.2 Å². The lowest BCUT2D eigenvalue weighted by Crippen LogP contribution is -2.30. The molecule has 0 radical (unpaired) electrons. The van der Waals surface area contributed by atoms with E-state index in [4.69, 9.17) is 14.2 Å². The first-order valence-corrected chi connectivity index (χ1v) is 32.2. The van der Waals surface area contributed by atoms with E-state index >= 15 is 0 Å². The summed E-state index contributed by atoms with van der Waals surface area (Å²) in [6, 6.07) is 0. The van der Waals surface area contributed by atoms with Crippen LogP contribution in [0.4, 0.5) is 0 Å². The molecule has 0 saturated carbocycles. The van der Waals surface area contributed by atoms with E-state index in [-0.39, 0.29) is 31.1 Å². The van der Waals surface area contributed by atoms with Gasteiger partial charge in [-0.05, 0) is 135 Å². The van der Waals surface area contributed by atoms with Gasteiger partial charge in [0, 0.05) is 19.3 Å². The fourth-order valence-corrected chi connectivity index (χ4v) is 8.61. The molecule has 0 rings (SSSR count). The fourth-order valence-electron chi connectivity index (χ4n) is 8.61. The van der Waals surface area contributed by atoms with Crippen molar-refractivity contribution in [2.24, 2.45) is 0 Å². The second kappa shape index (κ2) is 65.1. The first kappa shape index (κ1) is 73.5. The Hall–Kier alpha value is -4.45. The van der Waals surface area contributed by atoms with Crippen LogP contribution in [0.3, 0.4) is 0 Å². The highest BCUT2D eigenvalue weighted by molar-refractivity contribution is 5.71. The Balaban J connectivity index is 4.45. The lowest BCUT2D eigenvalue weighted by atomic mass is 10.1. The highest BCUT2D eigenvalue weighted by atomic mass is 16.6. The third-order valence-electron chi connectivity index (χ3n) is 13.4. The van der Waals surface area contributed by atoms with Gasteiger partial charge in [-0.2, -0.15) is 0 Å². The first-order valence-electron chi connectivity index (χ1n) is 32.2. The van der Waals surface area contributed by atoms with Crippen LogP contribution in [0.1, 0.15) is 284 Å². The van der Waals surface area contributed by atoms with Gasteiger partial charge in [-0.1, -0.05) is 264 Å². The normalized spacial score (nSPS) is 13.0. The Labute approximate surface area is 481 Å². The molecule has 0 aromatic carbocycles. The monoisotopic (exact) mass is 1080 g/mol. The molecule has 0 fully saturated rings. The van der Waals surface area contributed by atoms with Crippen molar-refractivity contribution < 1.29 is 28.6 Å². The van der Waals surface area contributed by atoms with Crippen LogP contribution in [0.2, 0.25) is 0 Å². The molecule has 0 amide bonds. The van der Waals surface area contributed by atoms with Gasteiger partial charge >= 0.3 is 17.9 Å². The highest BCUT2D eigenvalue weighted by Gasteiger charge is 2.19. The molecule has 0 aromatic heterocycles. The molecule has 0 saturated heterocycles. The van der Waals surface area contributed by atoms with Crippen molar-refractivity contribution in [3.8, 4) is 0 Å². The van der Waals surface area contributed by atoms with Crippen molar-refractivity contribution in [3.63, 3.8) is 0 Å². The SMILES string of the molecule is CC/C=C\C/C=C\C/C=C\C/C=C\C/C=C\C/C=C\CCCCCCCCC(=O)OCC(COC(=O)CCCCCCC/C=C\CCCCCCCCC)OC(=O)CCCCCCCC/C=C\C/C=C\C/C=C\C/C=C\CC. The molecular weight excluding hydrogens is 961 g/mol. The van der Waals surface area contributed by atoms with Crippen LogP contribution in [-0.4, -0.2) is 37.2 Å². The number of rotatable bonds is 57. The summed E-state index contributed by atoms with van der Waals surface area (Å²) in [7, 11) is 0. The van der Waals surface area contributed by atoms with Gasteiger partial charge in [-0.15, -0.1) is 0 Å². The molecule has 78 heavy (non-hydrogen) atoms. The number of unbranched alkanes of at least 4 members (excludes halogenated alkanes) is 24. The summed E-state index contributed by atoms with van der Waals surface area (Å²) >= 11 is 0. The second-order valence-corrected chi connectivity index (χ2v) is 20.9. The Morgan fingerprint density at radius 1 is 0.269 bits per heavy atom. The first-order chi connectivity index (χ1) is 38.5. The topological polar surface area (TPSA) is 78.9 Å². The minimum Gasteiger partial charge on any atom is -0.462 e. The molecule has 1 atom stereocenters. The van der Waals surface area contributed by atoms with Crippen molar-refractivity contribution in [1.82, 2.24) is 0 Å². The maximum Gasteiger partial charge on any atom is 0.306 e. The second-order valence-electron chi connectivity index (χ2n) is 20.9. The van der Waals surface area contributed by atoms with E-state index in [0.717, 1.165) is 154 Å². The predicted octanol–water partition coefficient (Wildman–Crippen LogP) is 22.2. The lowest BCUT2D eigenvalue weighted by molar-refractivity contribution is -0.167. The van der Waals surface area contributed by atoms with Crippen molar-refractivity contribution in [3.05, 3.63) is 134 Å². The third-order valence-corrected chi connectivity index (χ3v) is 13.4. The van der Waals surface area contributed by atoms with Gasteiger partial charge in [-0.3, -0.25) is 14.4 Å². The van der Waals surface area contributed by atoms with Crippen LogP contribution in [0, 0.1) is 0 Å². The van der Waals surface area contributed by atoms with Gasteiger partial charge in [0.05, 0.1) is 0 Å². The molecule has 1 unspecified atom stereocenters. The minimum absolute atomic E-state index is 0.0963. The molecule has 6 heteroatoms. The largest absolute Gasteiger partial charge is 0.462 e. The van der Waals surface area contributed by atoms with Crippen LogP contribution in [0.15, 0.2) is 134 Å². The van der Waals surface area contributed by atoms with Crippen LogP contribution in [0.25, 0.3) is 0 Å². The number of carbonyl (C=O) groups excluding carboxylic acids is 3. The number of hydrogen-bond acceptors (Lipinski definition) is 6. The standard InChI is InChI=1S/C72H118O6/c1-4-7-10-13-16-19-22-25-28-31-33-34-35-36-37-38-40-41-44-47-50-53-56-59-62-65-71(74)77-68-69(67-76-70(73)64-61-58-55-52-49-46-43-30-27-24-21-18-15-12-9-6-3)78-72(75)66-63-60-57-54-51-48-45-42-39-32-29-26-23-20-17-14-11-8-5-2/h7-8,10-11,16-17,19-20,25-26,28-30,33-34,36-37,39-43,69H,4-6,9,12-15,18,21-24,27,31-32,35,38,44-68H2,1-3H3/b10-7-,11-8-,19-16-,20-17-,28-25-,29-26-,34-33-,37-36-,41-40-,42-39-,43-30-. The Morgan fingerprint density at radius 2 is 0.500 bits per heavy atom. The minimum atomic E-state index is -0.802. The Morgan fingerprint density at radius 3 is 0.795 bits per heavy atom. The zero-order valence-corrected chi connectivity index (χ0v) is 50.6. The molecule has 0 aliphatic rings. The Bertz CT molecular complexity index is 1670. The van der Waals surface area contributed by atoms with E-state index in [1.807, 2.05) is 0 Å². The zero-order chi connectivity index (χ0) is 56.4. The average Bonchev–Trinajstić information content (AvgIpc) is 3.44. The zero-order valence-electron chi connectivity index (χ0n) is 50.6. The predicted molar refractivity (Wildman–Crippen MR) is 339 cm³/mol. The average molecular weight is 1080 g/mol. The van der Waals surface area contributed by atoms with Gasteiger partial charge in [0.2, 0.25) is 0 Å². The van der Waals surface area contributed by atoms with E-state index in [1.165, 1.54) is 89.9 Å². The quantitative estimate of drug-likeness (QED) is 0.0261. The molecule has 442 valence electrons. The summed E-state index contributed by atoms with van der Waals surface area (Å²) in [5.41, 5.74) is 0. The van der Waals surface area contributed by atoms with Crippen LogP contribution in [0.5, 0.6) is 0 Å². The van der Waals surface area contributed by atoms with Crippen molar-refractivity contribution in [2.45, 2.75) is 290 Å². The molecule has 0 aliphatic carbocycles. The molecular formula is C72H118O6. The molecule has 0 heterocycles. The van der Waals surface area contributed by atoms with Crippen LogP contribution < -0.4 is 0 Å². The molecule has 0 aliphatic heterocycles. The fraction of sp³-hybridized carbons (Fsp3) is 0.653. The number of esters is 3.